The van der Waals surface area contributed by atoms with Crippen LogP contribution < -0.4 is 0 Å². The summed E-state index contributed by atoms with van der Waals surface area (Å²) in [5, 5.41) is 0. The molecular weight excluding hydrogens is 424 g/mol. The maximum Gasteiger partial charge on any atom is 0.0847 e. The number of ether oxygens (including phenoxy) is 1. The van der Waals surface area contributed by atoms with Crippen LogP contribution in [-0.2, 0) is 17.6 Å². The van der Waals surface area contributed by atoms with Crippen LogP contribution in [0.25, 0.3) is 0 Å². The molecule has 2 unspecified atom stereocenters. The predicted molar refractivity (Wildman–Crippen MR) is 150 cm³/mol. The van der Waals surface area contributed by atoms with Gasteiger partial charge >= 0.3 is 0 Å². The summed E-state index contributed by atoms with van der Waals surface area (Å²) in [6.07, 6.45) is 14.1. The zero-order valence-corrected chi connectivity index (χ0v) is 23.0. The molecule has 0 amide bonds. The van der Waals surface area contributed by atoms with Gasteiger partial charge in [-0.1, -0.05) is 74.5 Å². The van der Waals surface area contributed by atoms with Crippen LogP contribution in [0, 0.1) is 0 Å². The molecule has 2 atom stereocenters. The van der Waals surface area contributed by atoms with Crippen LogP contribution in [0.2, 0.25) is 0 Å². The molecule has 0 saturated heterocycles. The molecule has 1 heteroatoms. The zero-order chi connectivity index (χ0) is 25.1. The third kappa shape index (κ3) is 6.18. The minimum Gasteiger partial charge on any atom is -0.361 e. The summed E-state index contributed by atoms with van der Waals surface area (Å²) >= 11 is 0. The van der Waals surface area contributed by atoms with Gasteiger partial charge in [0.2, 0.25) is 0 Å². The van der Waals surface area contributed by atoms with Crippen LogP contribution in [0.4, 0.5) is 0 Å². The largest absolute Gasteiger partial charge is 0.361 e. The molecular formula is C34H46O. The van der Waals surface area contributed by atoms with Crippen LogP contribution >= 0.6 is 0 Å². The van der Waals surface area contributed by atoms with E-state index >= 15 is 0 Å². The van der Waals surface area contributed by atoms with Crippen LogP contribution in [0.5, 0.6) is 0 Å². The van der Waals surface area contributed by atoms with Crippen molar-refractivity contribution >= 4 is 0 Å². The normalized spacial score (nSPS) is 21.4. The van der Waals surface area contributed by atoms with Crippen molar-refractivity contribution in [2.45, 2.75) is 116 Å². The third-order valence-corrected chi connectivity index (χ3v) is 8.60. The van der Waals surface area contributed by atoms with Gasteiger partial charge in [0.05, 0.1) is 11.2 Å². The molecule has 2 aromatic carbocycles. The second-order valence-electron chi connectivity index (χ2n) is 11.7. The maximum atomic E-state index is 6.91. The molecule has 2 aromatic rings. The molecule has 0 aliphatic heterocycles. The Morgan fingerprint density at radius 1 is 0.629 bits per heavy atom. The average Bonchev–Trinajstić information content (AvgIpc) is 2.88. The molecule has 0 saturated carbocycles. The molecule has 188 valence electrons. The number of rotatable bonds is 8. The first-order chi connectivity index (χ1) is 16.7. The molecule has 0 N–H and O–H groups in total. The molecule has 0 aromatic heterocycles. The summed E-state index contributed by atoms with van der Waals surface area (Å²) in [6.45, 7) is 13.6. The summed E-state index contributed by atoms with van der Waals surface area (Å²) in [6, 6.07) is 18.6. The first kappa shape index (κ1) is 26.0. The first-order valence-corrected chi connectivity index (χ1v) is 14.0. The fourth-order valence-corrected chi connectivity index (χ4v) is 6.19. The predicted octanol–water partition coefficient (Wildman–Crippen LogP) is 9.47. The van der Waals surface area contributed by atoms with Crippen molar-refractivity contribution in [3.8, 4) is 0 Å². The van der Waals surface area contributed by atoms with Crippen LogP contribution in [0.1, 0.15) is 114 Å². The molecule has 2 aliphatic rings. The van der Waals surface area contributed by atoms with Gasteiger partial charge in [-0.3, -0.25) is 0 Å². The summed E-state index contributed by atoms with van der Waals surface area (Å²) in [4.78, 5) is 0. The fraction of sp³-hybridized carbons (Fsp3) is 0.529. The van der Waals surface area contributed by atoms with Gasteiger partial charge in [-0.2, -0.15) is 0 Å². The van der Waals surface area contributed by atoms with E-state index in [1.807, 2.05) is 0 Å². The number of benzene rings is 2. The lowest BCUT2D eigenvalue weighted by molar-refractivity contribution is -0.0856. The van der Waals surface area contributed by atoms with Crippen molar-refractivity contribution < 1.29 is 4.74 Å². The lowest BCUT2D eigenvalue weighted by Gasteiger charge is -2.42. The van der Waals surface area contributed by atoms with Crippen molar-refractivity contribution in [1.82, 2.24) is 0 Å². The molecule has 4 rings (SSSR count). The lowest BCUT2D eigenvalue weighted by atomic mass is 9.78. The summed E-state index contributed by atoms with van der Waals surface area (Å²) in [7, 11) is 0. The van der Waals surface area contributed by atoms with E-state index in [2.05, 4.69) is 102 Å². The van der Waals surface area contributed by atoms with E-state index in [4.69, 9.17) is 4.74 Å². The fourth-order valence-electron chi connectivity index (χ4n) is 6.19. The first-order valence-electron chi connectivity index (χ1n) is 14.0. The van der Waals surface area contributed by atoms with Crippen molar-refractivity contribution in [3.63, 3.8) is 0 Å². The summed E-state index contributed by atoms with van der Waals surface area (Å²) in [5.74, 6) is 1.27. The molecule has 0 fully saturated rings. The second kappa shape index (κ2) is 10.9. The highest BCUT2D eigenvalue weighted by molar-refractivity contribution is 5.31. The quantitative estimate of drug-likeness (QED) is 0.349. The van der Waals surface area contributed by atoms with E-state index in [-0.39, 0.29) is 11.2 Å². The van der Waals surface area contributed by atoms with Gasteiger partial charge in [0, 0.05) is 0 Å². The van der Waals surface area contributed by atoms with Gasteiger partial charge in [0.15, 0.2) is 0 Å². The van der Waals surface area contributed by atoms with E-state index in [0.29, 0.717) is 11.8 Å². The van der Waals surface area contributed by atoms with Crippen LogP contribution in [0.15, 0.2) is 71.8 Å². The Balaban J connectivity index is 1.38. The topological polar surface area (TPSA) is 9.23 Å². The number of aryl methyl sites for hydroxylation is 2. The van der Waals surface area contributed by atoms with Crippen molar-refractivity contribution in [3.05, 3.63) is 94.1 Å². The zero-order valence-electron chi connectivity index (χ0n) is 23.0. The summed E-state index contributed by atoms with van der Waals surface area (Å²) < 4.78 is 6.91. The highest BCUT2D eigenvalue weighted by Gasteiger charge is 2.36. The molecule has 35 heavy (non-hydrogen) atoms. The monoisotopic (exact) mass is 470 g/mol. The smallest absolute Gasteiger partial charge is 0.0847 e. The van der Waals surface area contributed by atoms with E-state index in [1.165, 1.54) is 46.2 Å². The SMILES string of the molecule is CCc1ccc(C2CC=C(C(C)(C)OC(C)(C)C3=CCC(c4ccc(CC)cc4)CC3)CC2)cc1. The van der Waals surface area contributed by atoms with Crippen LogP contribution in [-0.4, -0.2) is 11.2 Å². The molecule has 0 spiro atoms. The maximum absolute atomic E-state index is 6.91. The van der Waals surface area contributed by atoms with Gasteiger partial charge in [-0.25, -0.2) is 0 Å². The van der Waals surface area contributed by atoms with Gasteiger partial charge in [-0.05, 0) is 124 Å². The molecule has 0 radical (unpaired) electrons. The lowest BCUT2D eigenvalue weighted by Crippen LogP contribution is -2.40. The Kier molecular flexibility index (Phi) is 8.06. The number of hydrogen-bond acceptors (Lipinski definition) is 1. The van der Waals surface area contributed by atoms with Gasteiger partial charge in [0.25, 0.3) is 0 Å². The molecule has 0 bridgehead atoms. The Morgan fingerprint density at radius 2 is 1.00 bits per heavy atom. The van der Waals surface area contributed by atoms with E-state index < -0.39 is 0 Å². The standard InChI is InChI=1S/C34H46O/c1-7-25-9-13-27(14-10-25)29-17-21-31(22-18-29)33(3,4)35-34(5,6)32-23-19-30(20-24-32)28-15-11-26(8-2)12-16-28/h9-16,21,23,29-30H,7-8,17-20,22,24H2,1-6H3. The van der Waals surface area contributed by atoms with E-state index in [9.17, 15) is 0 Å². The molecule has 0 heterocycles. The molecule has 1 nitrogen and oxygen atoms in total. The Morgan fingerprint density at radius 3 is 1.29 bits per heavy atom. The number of allylic oxidation sites excluding steroid dienone is 2. The number of hydrogen-bond donors (Lipinski definition) is 0. The minimum atomic E-state index is -0.242. The Labute approximate surface area is 214 Å². The van der Waals surface area contributed by atoms with E-state index in [0.717, 1.165) is 38.5 Å². The van der Waals surface area contributed by atoms with Gasteiger partial charge < -0.3 is 4.74 Å². The second-order valence-corrected chi connectivity index (χ2v) is 11.7. The Bertz CT molecular complexity index is 948. The average molecular weight is 471 g/mol. The minimum absolute atomic E-state index is 0.242. The van der Waals surface area contributed by atoms with E-state index in [1.54, 1.807) is 0 Å². The van der Waals surface area contributed by atoms with Crippen molar-refractivity contribution in [2.75, 3.05) is 0 Å². The van der Waals surface area contributed by atoms with Crippen molar-refractivity contribution in [1.29, 1.82) is 0 Å². The molecule has 2 aliphatic carbocycles. The van der Waals surface area contributed by atoms with Crippen LogP contribution in [0.3, 0.4) is 0 Å². The van der Waals surface area contributed by atoms with Gasteiger partial charge in [-0.15, -0.1) is 0 Å². The third-order valence-electron chi connectivity index (χ3n) is 8.60. The summed E-state index contributed by atoms with van der Waals surface area (Å²) in [5.41, 5.74) is 8.29. The highest BCUT2D eigenvalue weighted by Crippen LogP contribution is 2.42. The Hall–Kier alpha value is -2.12. The highest BCUT2D eigenvalue weighted by atomic mass is 16.5. The van der Waals surface area contributed by atoms with Crippen molar-refractivity contribution in [2.24, 2.45) is 0 Å². The van der Waals surface area contributed by atoms with Gasteiger partial charge in [0.1, 0.15) is 0 Å².